The van der Waals surface area contributed by atoms with Crippen LogP contribution < -0.4 is 4.90 Å². The van der Waals surface area contributed by atoms with Crippen LogP contribution in [0.1, 0.15) is 0 Å². The molecule has 0 aliphatic rings. The summed E-state index contributed by atoms with van der Waals surface area (Å²) in [7, 11) is 0. The molecule has 0 unspecified atom stereocenters. The molecule has 0 bridgehead atoms. The van der Waals surface area contributed by atoms with Gasteiger partial charge >= 0.3 is 0 Å². The monoisotopic (exact) mass is 251 g/mol. The number of aromatic nitrogens is 6. The summed E-state index contributed by atoms with van der Waals surface area (Å²) in [5.74, 6) is 1.25. The van der Waals surface area contributed by atoms with Crippen LogP contribution >= 0.6 is 0 Å². The third-order valence-corrected chi connectivity index (χ3v) is 2.26. The number of rotatable bonds is 3. The van der Waals surface area contributed by atoms with Crippen molar-refractivity contribution in [3.05, 3.63) is 55.4 Å². The molecule has 7 nitrogen and oxygen atoms in total. The van der Waals surface area contributed by atoms with E-state index in [9.17, 15) is 0 Å². The van der Waals surface area contributed by atoms with Crippen LogP contribution in [0.25, 0.3) is 0 Å². The minimum absolute atomic E-state index is 0.417. The highest BCUT2D eigenvalue weighted by Crippen LogP contribution is 2.23. The predicted octanol–water partition coefficient (Wildman–Crippen LogP) is 1.53. The molecule has 0 saturated carbocycles. The van der Waals surface area contributed by atoms with Gasteiger partial charge in [-0.2, -0.15) is 0 Å². The lowest BCUT2D eigenvalue weighted by atomic mass is 10.6. The molecule has 3 rings (SSSR count). The van der Waals surface area contributed by atoms with E-state index >= 15 is 0 Å². The van der Waals surface area contributed by atoms with E-state index in [1.54, 1.807) is 60.3 Å². The van der Waals surface area contributed by atoms with Gasteiger partial charge in [0.1, 0.15) is 0 Å². The maximum absolute atomic E-state index is 4.19. The zero-order valence-corrected chi connectivity index (χ0v) is 9.83. The highest BCUT2D eigenvalue weighted by molar-refractivity contribution is 5.60. The summed E-state index contributed by atoms with van der Waals surface area (Å²) in [5.41, 5.74) is 0. The molecule has 92 valence electrons. The van der Waals surface area contributed by atoms with E-state index in [1.807, 2.05) is 0 Å². The topological polar surface area (TPSA) is 80.6 Å². The SMILES string of the molecule is c1cnc(N(c2ncccn2)c2ncccn2)nc1. The lowest BCUT2D eigenvalue weighted by Crippen LogP contribution is -2.17. The Hall–Kier alpha value is -2.96. The first-order valence-electron chi connectivity index (χ1n) is 5.56. The second kappa shape index (κ2) is 5.13. The summed E-state index contributed by atoms with van der Waals surface area (Å²) in [6, 6.07) is 5.21. The molecule has 3 aromatic heterocycles. The summed E-state index contributed by atoms with van der Waals surface area (Å²) in [4.78, 5) is 26.7. The van der Waals surface area contributed by atoms with Crippen molar-refractivity contribution >= 4 is 17.8 Å². The predicted molar refractivity (Wildman–Crippen MR) is 67.9 cm³/mol. The number of nitrogens with zero attached hydrogens (tertiary/aromatic N) is 7. The van der Waals surface area contributed by atoms with Gasteiger partial charge in [-0.25, -0.2) is 34.8 Å². The first-order chi connectivity index (χ1) is 9.45. The van der Waals surface area contributed by atoms with Gasteiger partial charge in [0.25, 0.3) is 0 Å². The second-order valence-corrected chi connectivity index (χ2v) is 3.48. The lowest BCUT2D eigenvalue weighted by Gasteiger charge is -2.17. The summed E-state index contributed by atoms with van der Waals surface area (Å²) in [5, 5.41) is 0. The van der Waals surface area contributed by atoms with Gasteiger partial charge in [0, 0.05) is 37.2 Å². The fourth-order valence-corrected chi connectivity index (χ4v) is 1.49. The Kier molecular flexibility index (Phi) is 3.01. The first-order valence-corrected chi connectivity index (χ1v) is 5.56. The molecule has 19 heavy (non-hydrogen) atoms. The van der Waals surface area contributed by atoms with Gasteiger partial charge < -0.3 is 0 Å². The highest BCUT2D eigenvalue weighted by atomic mass is 15.4. The van der Waals surface area contributed by atoms with Gasteiger partial charge in [-0.05, 0) is 18.2 Å². The molecule has 0 amide bonds. The van der Waals surface area contributed by atoms with Crippen LogP contribution in [-0.2, 0) is 0 Å². The number of anilines is 3. The molecule has 0 radical (unpaired) electrons. The van der Waals surface area contributed by atoms with E-state index < -0.39 is 0 Å². The molecule has 0 saturated heterocycles. The van der Waals surface area contributed by atoms with Gasteiger partial charge in [0.15, 0.2) is 0 Å². The van der Waals surface area contributed by atoms with Crippen LogP contribution in [0.4, 0.5) is 17.8 Å². The maximum atomic E-state index is 4.19. The fraction of sp³-hybridized carbons (Fsp3) is 0. The Labute approximate surface area is 109 Å². The van der Waals surface area contributed by atoms with Crippen molar-refractivity contribution in [2.24, 2.45) is 0 Å². The second-order valence-electron chi connectivity index (χ2n) is 3.48. The van der Waals surface area contributed by atoms with Crippen molar-refractivity contribution in [3.63, 3.8) is 0 Å². The molecule has 0 N–H and O–H groups in total. The fourth-order valence-electron chi connectivity index (χ4n) is 1.49. The average molecular weight is 251 g/mol. The quantitative estimate of drug-likeness (QED) is 0.698. The molecule has 7 heteroatoms. The van der Waals surface area contributed by atoms with E-state index in [0.717, 1.165) is 0 Å². The standard InChI is InChI=1S/C12H9N7/c1-4-13-10(14-5-1)19(11-15-6-2-7-16-11)12-17-8-3-9-18-12/h1-9H. The Morgan fingerprint density at radius 1 is 0.474 bits per heavy atom. The van der Waals surface area contributed by atoms with Crippen LogP contribution in [0.3, 0.4) is 0 Å². The molecular weight excluding hydrogens is 242 g/mol. The van der Waals surface area contributed by atoms with E-state index in [0.29, 0.717) is 17.8 Å². The van der Waals surface area contributed by atoms with Crippen LogP contribution in [-0.4, -0.2) is 29.9 Å². The summed E-state index contributed by atoms with van der Waals surface area (Å²) < 4.78 is 0. The van der Waals surface area contributed by atoms with Crippen molar-refractivity contribution in [2.45, 2.75) is 0 Å². The van der Waals surface area contributed by atoms with Gasteiger partial charge in [-0.3, -0.25) is 0 Å². The van der Waals surface area contributed by atoms with Gasteiger partial charge in [-0.15, -0.1) is 0 Å². The Bertz CT molecular complexity index is 536. The van der Waals surface area contributed by atoms with E-state index in [4.69, 9.17) is 0 Å². The first kappa shape index (κ1) is 11.1. The van der Waals surface area contributed by atoms with Crippen molar-refractivity contribution < 1.29 is 0 Å². The van der Waals surface area contributed by atoms with Crippen LogP contribution in [0.15, 0.2) is 55.4 Å². The molecule has 0 spiro atoms. The molecule has 0 aromatic carbocycles. The smallest absolute Gasteiger partial charge is 0.221 e. The molecule has 3 heterocycles. The normalized spacial score (nSPS) is 10.1. The maximum Gasteiger partial charge on any atom is 0.239 e. The lowest BCUT2D eigenvalue weighted by molar-refractivity contribution is 0.955. The van der Waals surface area contributed by atoms with E-state index in [-0.39, 0.29) is 0 Å². The highest BCUT2D eigenvalue weighted by Gasteiger charge is 2.18. The van der Waals surface area contributed by atoms with E-state index in [2.05, 4.69) is 29.9 Å². The average Bonchev–Trinajstić information content (AvgIpc) is 2.51. The molecule has 3 aromatic rings. The molecular formula is C12H9N7. The third kappa shape index (κ3) is 2.34. The third-order valence-electron chi connectivity index (χ3n) is 2.26. The minimum Gasteiger partial charge on any atom is -0.221 e. The summed E-state index contributed by atoms with van der Waals surface area (Å²) in [6.45, 7) is 0. The van der Waals surface area contributed by atoms with Gasteiger partial charge in [0.2, 0.25) is 17.8 Å². The van der Waals surface area contributed by atoms with E-state index in [1.165, 1.54) is 0 Å². The number of hydrogen-bond acceptors (Lipinski definition) is 7. The zero-order chi connectivity index (χ0) is 12.9. The van der Waals surface area contributed by atoms with Crippen molar-refractivity contribution in [3.8, 4) is 0 Å². The Morgan fingerprint density at radius 2 is 0.737 bits per heavy atom. The Balaban J connectivity index is 2.12. The van der Waals surface area contributed by atoms with Crippen LogP contribution in [0, 0.1) is 0 Å². The molecule has 0 aliphatic carbocycles. The summed E-state index contributed by atoms with van der Waals surface area (Å²) >= 11 is 0. The van der Waals surface area contributed by atoms with Crippen molar-refractivity contribution in [2.75, 3.05) is 4.90 Å². The minimum atomic E-state index is 0.417. The molecule has 0 atom stereocenters. The van der Waals surface area contributed by atoms with Crippen molar-refractivity contribution in [1.82, 2.24) is 29.9 Å². The molecule has 0 aliphatic heterocycles. The van der Waals surface area contributed by atoms with Crippen LogP contribution in [0.5, 0.6) is 0 Å². The van der Waals surface area contributed by atoms with Crippen molar-refractivity contribution in [1.29, 1.82) is 0 Å². The Morgan fingerprint density at radius 3 is 1.00 bits per heavy atom. The zero-order valence-electron chi connectivity index (χ0n) is 9.83. The molecule has 0 fully saturated rings. The van der Waals surface area contributed by atoms with Gasteiger partial charge in [-0.1, -0.05) is 0 Å². The van der Waals surface area contributed by atoms with Gasteiger partial charge in [0.05, 0.1) is 0 Å². The number of hydrogen-bond donors (Lipinski definition) is 0. The summed E-state index contributed by atoms with van der Waals surface area (Å²) in [6.07, 6.45) is 9.84. The van der Waals surface area contributed by atoms with Crippen LogP contribution in [0.2, 0.25) is 0 Å². The largest absolute Gasteiger partial charge is 0.239 e.